The summed E-state index contributed by atoms with van der Waals surface area (Å²) >= 11 is 11.6. The zero-order valence-electron chi connectivity index (χ0n) is 8.34. The van der Waals surface area contributed by atoms with Crippen molar-refractivity contribution >= 4 is 29.1 Å². The molecule has 1 fully saturated rings. The molecule has 1 aliphatic carbocycles. The Kier molecular flexibility index (Phi) is 3.36. The lowest BCUT2D eigenvalue weighted by Gasteiger charge is -2.10. The van der Waals surface area contributed by atoms with E-state index in [0.29, 0.717) is 5.56 Å². The minimum atomic E-state index is -0.821. The van der Waals surface area contributed by atoms with Crippen molar-refractivity contribution in [2.45, 2.75) is 24.3 Å². The first-order valence-corrected chi connectivity index (χ1v) is 5.79. The molecule has 0 aliphatic heterocycles. The van der Waals surface area contributed by atoms with E-state index in [2.05, 4.69) is 5.32 Å². The number of alkyl halides is 1. The summed E-state index contributed by atoms with van der Waals surface area (Å²) in [5, 5.41) is 1.93. The highest BCUT2D eigenvalue weighted by atomic mass is 35.5. The molecule has 0 saturated heterocycles. The van der Waals surface area contributed by atoms with Gasteiger partial charge in [0, 0.05) is 6.04 Å². The molecular weight excluding hydrogens is 252 g/mol. The topological polar surface area (TPSA) is 29.1 Å². The van der Waals surface area contributed by atoms with Crippen LogP contribution >= 0.6 is 23.2 Å². The number of benzene rings is 1. The molecule has 1 atom stereocenters. The molecule has 1 aromatic rings. The van der Waals surface area contributed by atoms with Crippen LogP contribution in [0.4, 0.5) is 4.39 Å². The Morgan fingerprint density at radius 2 is 2.19 bits per heavy atom. The molecule has 1 aromatic carbocycles. The lowest BCUT2D eigenvalue weighted by molar-refractivity contribution is -0.121. The van der Waals surface area contributed by atoms with E-state index >= 15 is 0 Å². The molecule has 0 radical (unpaired) electrons. The van der Waals surface area contributed by atoms with E-state index in [1.165, 1.54) is 18.2 Å². The van der Waals surface area contributed by atoms with Crippen LogP contribution in [0.5, 0.6) is 0 Å². The Morgan fingerprint density at radius 1 is 1.50 bits per heavy atom. The largest absolute Gasteiger partial charge is 0.352 e. The van der Waals surface area contributed by atoms with Gasteiger partial charge in [-0.2, -0.15) is 0 Å². The van der Waals surface area contributed by atoms with E-state index in [-0.39, 0.29) is 17.0 Å². The predicted octanol–water partition coefficient (Wildman–Crippen LogP) is 3.04. The van der Waals surface area contributed by atoms with E-state index in [1.54, 1.807) is 0 Å². The number of hydrogen-bond donors (Lipinski definition) is 1. The fourth-order valence-electron chi connectivity index (χ4n) is 1.32. The van der Waals surface area contributed by atoms with Gasteiger partial charge in [0.2, 0.25) is 5.91 Å². The summed E-state index contributed by atoms with van der Waals surface area (Å²) in [6.45, 7) is 0. The maximum atomic E-state index is 12.9. The van der Waals surface area contributed by atoms with Crippen LogP contribution in [-0.2, 0) is 4.79 Å². The van der Waals surface area contributed by atoms with Crippen molar-refractivity contribution < 1.29 is 9.18 Å². The number of rotatable bonds is 3. The van der Waals surface area contributed by atoms with Gasteiger partial charge in [0.25, 0.3) is 0 Å². The van der Waals surface area contributed by atoms with Crippen LogP contribution in [0.15, 0.2) is 18.2 Å². The second-order valence-electron chi connectivity index (χ2n) is 3.82. The fourth-order valence-corrected chi connectivity index (χ4v) is 1.71. The normalized spacial score (nSPS) is 16.9. The van der Waals surface area contributed by atoms with Crippen LogP contribution < -0.4 is 5.32 Å². The van der Waals surface area contributed by atoms with Gasteiger partial charge in [0.1, 0.15) is 11.2 Å². The Bertz CT molecular complexity index is 420. The van der Waals surface area contributed by atoms with Crippen molar-refractivity contribution in [2.75, 3.05) is 0 Å². The highest BCUT2D eigenvalue weighted by Crippen LogP contribution is 2.27. The summed E-state index contributed by atoms with van der Waals surface area (Å²) in [6.07, 6.45) is 2.00. The third-order valence-electron chi connectivity index (χ3n) is 2.39. The first-order chi connectivity index (χ1) is 7.58. The second kappa shape index (κ2) is 4.60. The molecular formula is C11H10Cl2FNO. The summed E-state index contributed by atoms with van der Waals surface area (Å²) in [5.74, 6) is -0.774. The molecule has 2 rings (SSSR count). The van der Waals surface area contributed by atoms with Gasteiger partial charge in [0.05, 0.1) is 5.02 Å². The van der Waals surface area contributed by atoms with Gasteiger partial charge < -0.3 is 5.32 Å². The summed E-state index contributed by atoms with van der Waals surface area (Å²) < 4.78 is 12.9. The number of halogens is 3. The summed E-state index contributed by atoms with van der Waals surface area (Å²) in [5.41, 5.74) is 0.506. The Morgan fingerprint density at radius 3 is 2.75 bits per heavy atom. The van der Waals surface area contributed by atoms with E-state index in [4.69, 9.17) is 23.2 Å². The van der Waals surface area contributed by atoms with Crippen LogP contribution in [0.25, 0.3) is 0 Å². The van der Waals surface area contributed by atoms with E-state index in [1.807, 2.05) is 0 Å². The minimum Gasteiger partial charge on any atom is -0.352 e. The zero-order chi connectivity index (χ0) is 11.7. The highest BCUT2D eigenvalue weighted by molar-refractivity contribution is 6.32. The van der Waals surface area contributed by atoms with Crippen LogP contribution in [-0.4, -0.2) is 11.9 Å². The Labute approximate surface area is 103 Å². The van der Waals surface area contributed by atoms with Crippen molar-refractivity contribution in [1.29, 1.82) is 0 Å². The quantitative estimate of drug-likeness (QED) is 0.833. The molecule has 16 heavy (non-hydrogen) atoms. The molecule has 5 heteroatoms. The standard InChI is InChI=1S/C11H10Cl2FNO/c12-8-5-6(1-4-9(8)14)10(13)11(16)15-7-2-3-7/h1,4-5,7,10H,2-3H2,(H,15,16). The number of nitrogens with one attached hydrogen (secondary N) is 1. The molecule has 1 N–H and O–H groups in total. The molecule has 1 aliphatic rings. The molecule has 86 valence electrons. The Hall–Kier alpha value is -0.800. The molecule has 0 bridgehead atoms. The first kappa shape index (κ1) is 11.7. The van der Waals surface area contributed by atoms with Gasteiger partial charge in [-0.1, -0.05) is 17.7 Å². The maximum Gasteiger partial charge on any atom is 0.242 e. The highest BCUT2D eigenvalue weighted by Gasteiger charge is 2.27. The monoisotopic (exact) mass is 261 g/mol. The fraction of sp³-hybridized carbons (Fsp3) is 0.364. The van der Waals surface area contributed by atoms with Crippen molar-refractivity contribution in [3.05, 3.63) is 34.6 Å². The van der Waals surface area contributed by atoms with Gasteiger partial charge in [-0.15, -0.1) is 11.6 Å². The van der Waals surface area contributed by atoms with Gasteiger partial charge in [-0.3, -0.25) is 4.79 Å². The molecule has 1 amide bonds. The molecule has 2 nitrogen and oxygen atoms in total. The van der Waals surface area contributed by atoms with Crippen molar-refractivity contribution in [2.24, 2.45) is 0 Å². The van der Waals surface area contributed by atoms with Gasteiger partial charge in [0.15, 0.2) is 0 Å². The van der Waals surface area contributed by atoms with Crippen molar-refractivity contribution in [1.82, 2.24) is 5.32 Å². The van der Waals surface area contributed by atoms with Crippen molar-refractivity contribution in [3.8, 4) is 0 Å². The average Bonchev–Trinajstić information content (AvgIpc) is 3.05. The SMILES string of the molecule is O=C(NC1CC1)C(Cl)c1ccc(F)c(Cl)c1. The van der Waals surface area contributed by atoms with E-state index in [0.717, 1.165) is 12.8 Å². The number of carbonyl (C=O) groups excluding carboxylic acids is 1. The molecule has 1 saturated carbocycles. The van der Waals surface area contributed by atoms with E-state index < -0.39 is 11.2 Å². The molecule has 0 aromatic heterocycles. The Balaban J connectivity index is 2.09. The number of hydrogen-bond acceptors (Lipinski definition) is 1. The average molecular weight is 262 g/mol. The van der Waals surface area contributed by atoms with Crippen LogP contribution in [0, 0.1) is 5.82 Å². The lowest BCUT2D eigenvalue weighted by Crippen LogP contribution is -2.28. The predicted molar refractivity (Wildman–Crippen MR) is 61.2 cm³/mol. The molecule has 0 spiro atoms. The third-order valence-corrected chi connectivity index (χ3v) is 3.13. The summed E-state index contributed by atoms with van der Waals surface area (Å²) in [6, 6.07) is 4.30. The zero-order valence-corrected chi connectivity index (χ0v) is 9.85. The molecule has 1 unspecified atom stereocenters. The number of amides is 1. The van der Waals surface area contributed by atoms with Crippen LogP contribution in [0.3, 0.4) is 0 Å². The maximum absolute atomic E-state index is 12.9. The van der Waals surface area contributed by atoms with Crippen LogP contribution in [0.2, 0.25) is 5.02 Å². The van der Waals surface area contributed by atoms with E-state index in [9.17, 15) is 9.18 Å². The van der Waals surface area contributed by atoms with Gasteiger partial charge in [-0.05, 0) is 30.5 Å². The van der Waals surface area contributed by atoms with Gasteiger partial charge in [-0.25, -0.2) is 4.39 Å². The minimum absolute atomic E-state index is 0.0256. The van der Waals surface area contributed by atoms with Gasteiger partial charge >= 0.3 is 0 Å². The number of carbonyl (C=O) groups is 1. The molecule has 0 heterocycles. The van der Waals surface area contributed by atoms with Crippen LogP contribution in [0.1, 0.15) is 23.8 Å². The van der Waals surface area contributed by atoms with Crippen molar-refractivity contribution in [3.63, 3.8) is 0 Å². The second-order valence-corrected chi connectivity index (χ2v) is 4.66. The first-order valence-electron chi connectivity index (χ1n) is 4.97. The lowest BCUT2D eigenvalue weighted by atomic mass is 10.1. The smallest absolute Gasteiger partial charge is 0.242 e. The summed E-state index contributed by atoms with van der Waals surface area (Å²) in [7, 11) is 0. The third kappa shape index (κ3) is 2.66. The summed E-state index contributed by atoms with van der Waals surface area (Å²) in [4.78, 5) is 11.6.